The van der Waals surface area contributed by atoms with E-state index < -0.39 is 96.9 Å². The van der Waals surface area contributed by atoms with Crippen LogP contribution in [0.25, 0.3) is 0 Å². The van der Waals surface area contributed by atoms with E-state index in [1.54, 1.807) is 44.4 Å². The number of hydrogen-bond acceptors (Lipinski definition) is 16. The first-order valence-electron chi connectivity index (χ1n) is 22.7. The van der Waals surface area contributed by atoms with Crippen LogP contribution in [0.4, 0.5) is 15.3 Å². The summed E-state index contributed by atoms with van der Waals surface area (Å²) >= 11 is 8.15. The van der Waals surface area contributed by atoms with E-state index in [0.717, 1.165) is 16.0 Å². The van der Waals surface area contributed by atoms with Gasteiger partial charge in [-0.3, -0.25) is 34.3 Å². The van der Waals surface area contributed by atoms with Gasteiger partial charge in [-0.05, 0) is 82.7 Å². The maximum Gasteiger partial charge on any atom is 0.413 e. The normalized spacial score (nSPS) is 32.7. The molecule has 2 N–H and O–H groups in total. The Morgan fingerprint density at radius 3 is 2.43 bits per heavy atom. The van der Waals surface area contributed by atoms with Crippen LogP contribution in [0.2, 0.25) is 5.02 Å². The van der Waals surface area contributed by atoms with Crippen LogP contribution in [0, 0.1) is 17.8 Å². The summed E-state index contributed by atoms with van der Waals surface area (Å²) in [7, 11) is 5.70. The molecule has 4 bridgehead atoms. The molecule has 68 heavy (non-hydrogen) atoms. The van der Waals surface area contributed by atoms with Crippen molar-refractivity contribution in [3.63, 3.8) is 0 Å². The van der Waals surface area contributed by atoms with E-state index in [4.69, 9.17) is 44.8 Å². The number of rotatable bonds is 11. The summed E-state index contributed by atoms with van der Waals surface area (Å²) in [5, 5.41) is 14.1. The highest BCUT2D eigenvalue weighted by Crippen LogP contribution is 2.49. The topological polar surface area (TPSA) is 229 Å². The molecule has 0 aromatic heterocycles. The van der Waals surface area contributed by atoms with Crippen molar-refractivity contribution in [2.24, 2.45) is 17.8 Å². The lowest BCUT2D eigenvalue weighted by Crippen LogP contribution is -2.63. The van der Waals surface area contributed by atoms with Crippen molar-refractivity contribution in [1.82, 2.24) is 15.1 Å². The summed E-state index contributed by atoms with van der Waals surface area (Å²) in [5.74, 6) is -3.00. The van der Waals surface area contributed by atoms with Crippen molar-refractivity contribution in [2.75, 3.05) is 52.8 Å². The second-order valence-corrected chi connectivity index (χ2v) is 19.9. The van der Waals surface area contributed by atoms with Gasteiger partial charge in [0.1, 0.15) is 40.7 Å². The zero-order valence-electron chi connectivity index (χ0n) is 39.9. The van der Waals surface area contributed by atoms with E-state index in [1.807, 2.05) is 13.0 Å². The molecule has 4 aliphatic heterocycles. The van der Waals surface area contributed by atoms with Crippen LogP contribution in [0.3, 0.4) is 0 Å². The van der Waals surface area contributed by atoms with Gasteiger partial charge in [-0.2, -0.15) is 11.8 Å². The second kappa shape index (κ2) is 21.8. The van der Waals surface area contributed by atoms with Crippen LogP contribution in [0.15, 0.2) is 35.9 Å². The molecule has 374 valence electrons. The van der Waals surface area contributed by atoms with Crippen molar-refractivity contribution in [3.05, 3.63) is 46.5 Å². The molecular formula is C47H63ClN4O15S. The van der Waals surface area contributed by atoms with Gasteiger partial charge in [0.15, 0.2) is 5.72 Å². The summed E-state index contributed by atoms with van der Waals surface area (Å²) < 4.78 is 39.8. The number of alkyl carbamates (subject to hydrolysis) is 1. The number of fused-ring (bicyclic) bond motifs is 5. The Morgan fingerprint density at radius 2 is 1.78 bits per heavy atom. The fraction of sp³-hybridized carbons (Fsp3) is 0.638. The first kappa shape index (κ1) is 52.5. The number of imide groups is 1. The Kier molecular flexibility index (Phi) is 16.8. The number of amides is 5. The number of carbonyl (C=O) groups excluding carboxylic acids is 7. The average Bonchev–Trinajstić information content (AvgIpc) is 3.93. The van der Waals surface area contributed by atoms with Crippen LogP contribution in [-0.4, -0.2) is 152 Å². The Bertz CT molecular complexity index is 2180. The van der Waals surface area contributed by atoms with Crippen molar-refractivity contribution < 1.29 is 71.8 Å². The number of ether oxygens (including phenoxy) is 7. The van der Waals surface area contributed by atoms with Crippen LogP contribution in [0.5, 0.6) is 5.75 Å². The third-order valence-corrected chi connectivity index (χ3v) is 15.2. The van der Waals surface area contributed by atoms with E-state index in [2.05, 4.69) is 5.32 Å². The highest BCUT2D eigenvalue weighted by Gasteiger charge is 2.64. The number of hydrogen-bond donors (Lipinski definition) is 2. The van der Waals surface area contributed by atoms with Gasteiger partial charge >= 0.3 is 24.1 Å². The predicted molar refractivity (Wildman–Crippen MR) is 247 cm³/mol. The van der Waals surface area contributed by atoms with Crippen molar-refractivity contribution >= 4 is 70.9 Å². The van der Waals surface area contributed by atoms with Gasteiger partial charge in [-0.15, -0.1) is 0 Å². The fourth-order valence-corrected chi connectivity index (χ4v) is 10.3. The van der Waals surface area contributed by atoms with Gasteiger partial charge in [0.05, 0.1) is 36.5 Å². The van der Waals surface area contributed by atoms with Crippen LogP contribution in [-0.2, 0) is 58.8 Å². The van der Waals surface area contributed by atoms with Crippen molar-refractivity contribution in [2.45, 2.75) is 126 Å². The molecule has 4 fully saturated rings. The highest BCUT2D eigenvalue weighted by molar-refractivity contribution is 8.00. The molecule has 1 saturated carbocycles. The van der Waals surface area contributed by atoms with E-state index >= 15 is 0 Å². The Labute approximate surface area is 405 Å². The first-order chi connectivity index (χ1) is 32.1. The summed E-state index contributed by atoms with van der Waals surface area (Å²) in [5.41, 5.74) is -1.24. The smallest absolute Gasteiger partial charge is 0.413 e. The number of likely N-dealkylation sites (N-methyl/N-ethyl adjacent to an activating group) is 1. The van der Waals surface area contributed by atoms with E-state index in [0.29, 0.717) is 50.1 Å². The van der Waals surface area contributed by atoms with Crippen molar-refractivity contribution in [3.8, 4) is 5.75 Å². The maximum absolute atomic E-state index is 14.3. The number of thioether (sulfide) groups is 1. The minimum Gasteiger partial charge on any atom is -0.495 e. The number of benzene rings is 1. The summed E-state index contributed by atoms with van der Waals surface area (Å²) in [6.45, 7) is 6.32. The van der Waals surface area contributed by atoms with Crippen molar-refractivity contribution in [1.29, 1.82) is 0 Å². The van der Waals surface area contributed by atoms with Gasteiger partial charge in [-0.25, -0.2) is 14.4 Å². The second-order valence-electron chi connectivity index (χ2n) is 18.5. The number of esters is 2. The molecule has 6 rings (SSSR count). The third kappa shape index (κ3) is 11.6. The Balaban J connectivity index is 1.13. The number of epoxide rings is 1. The largest absolute Gasteiger partial charge is 0.495 e. The monoisotopic (exact) mass is 990 g/mol. The quantitative estimate of drug-likeness (QED) is 0.0986. The first-order valence-corrected chi connectivity index (χ1v) is 24.3. The van der Waals surface area contributed by atoms with Gasteiger partial charge in [-0.1, -0.05) is 42.3 Å². The lowest BCUT2D eigenvalue weighted by Gasteiger charge is -2.42. The molecule has 19 nitrogen and oxygen atoms in total. The number of allylic oxidation sites excluding steroid dienone is 3. The van der Waals surface area contributed by atoms with Gasteiger partial charge in [0.2, 0.25) is 24.5 Å². The molecule has 5 amide bonds. The molecule has 1 aromatic carbocycles. The average molecular weight is 992 g/mol. The Hall–Kier alpha value is -4.89. The number of aliphatic hydroxyl groups is 1. The molecule has 0 radical (unpaired) electrons. The van der Waals surface area contributed by atoms with Crippen LogP contribution in [0.1, 0.15) is 78.2 Å². The van der Waals surface area contributed by atoms with Gasteiger partial charge < -0.3 is 43.2 Å². The minimum absolute atomic E-state index is 0.0695. The standard InChI is InChI=1S/C47H63ClN4O15S/c1-25-11-10-12-35(62-8)47(60)22-33(65-44(58)49-47)26(2)40-46(4,67-40)36(21-37(53)51(6)31-18-29(17-25)19-32(61-7)39(31)48)66-42(56)27(3)50(5)45(59)64-24-63-43(57)30-15-13-28(14-16-30)23-52-38(54)20-34(68-9)41(52)55/h10-12,18-19,26-28,30,33-36,40,60H,13-17,20-24H2,1-9H3,(H,49,58)/b12-10+,25-11+/t26-,27+,28?,30?,33+,34?,35-,36+,40+,46+,47+/m1/s1. The molecule has 1 unspecified atom stereocenters. The predicted octanol–water partition coefficient (Wildman–Crippen LogP) is 4.92. The number of nitrogens with zero attached hydrogens (tertiary/aromatic N) is 3. The summed E-state index contributed by atoms with van der Waals surface area (Å²) in [4.78, 5) is 96.0. The molecule has 3 saturated heterocycles. The number of nitrogens with one attached hydrogen (secondary N) is 1. The van der Waals surface area contributed by atoms with Gasteiger partial charge in [0.25, 0.3) is 0 Å². The van der Waals surface area contributed by atoms with E-state index in [-0.39, 0.29) is 40.8 Å². The number of halogens is 1. The van der Waals surface area contributed by atoms with Crippen LogP contribution < -0.4 is 15.0 Å². The molecule has 5 aliphatic rings. The molecule has 4 heterocycles. The molecule has 1 aromatic rings. The SMILES string of the molecule is COc1cc2cc(c1Cl)N(C)C(=O)C[C@H](OC(=O)[C@H](C)N(C)C(=O)OCOC(=O)C1CCC(CN3C(=O)CC(SC)C3=O)CC1)[C@]1(C)O[C@H]1[C@H](C)[C@@H]1C[C@@](O)(NC(=O)O1)[C@H](OC)/C=C/C=C(\C)C2. The number of carbonyl (C=O) groups is 7. The minimum atomic E-state index is -1.89. The van der Waals surface area contributed by atoms with E-state index in [9.17, 15) is 38.7 Å². The molecule has 9 atom stereocenters. The molecule has 1 aliphatic carbocycles. The lowest BCUT2D eigenvalue weighted by atomic mass is 9.82. The number of methoxy groups -OCH3 is 2. The summed E-state index contributed by atoms with van der Waals surface area (Å²) in [6.07, 6.45) is 3.44. The number of likely N-dealkylation sites (tertiary alicyclic amines) is 1. The summed E-state index contributed by atoms with van der Waals surface area (Å²) in [6, 6.07) is 2.24. The maximum atomic E-state index is 14.3. The molecule has 21 heteroatoms. The zero-order chi connectivity index (χ0) is 49.8. The Morgan fingerprint density at radius 1 is 1.07 bits per heavy atom. The third-order valence-electron chi connectivity index (χ3n) is 13.9. The van der Waals surface area contributed by atoms with Crippen LogP contribution >= 0.6 is 23.4 Å². The fourth-order valence-electron chi connectivity index (χ4n) is 9.39. The lowest BCUT2D eigenvalue weighted by molar-refractivity contribution is -0.162. The van der Waals surface area contributed by atoms with Gasteiger partial charge in [0, 0.05) is 46.5 Å². The molecule has 0 spiro atoms. The number of anilines is 1. The molecular weight excluding hydrogens is 928 g/mol. The van der Waals surface area contributed by atoms with E-state index in [1.165, 1.54) is 56.8 Å². The highest BCUT2D eigenvalue weighted by atomic mass is 35.5. The zero-order valence-corrected chi connectivity index (χ0v) is 41.5.